The number of nitrogens with one attached hydrogen (secondary N) is 1. The van der Waals surface area contributed by atoms with E-state index in [0.29, 0.717) is 28.8 Å². The van der Waals surface area contributed by atoms with Gasteiger partial charge in [0.2, 0.25) is 0 Å². The minimum atomic E-state index is -0.251. The molecule has 0 saturated heterocycles. The standard InChI is InChI=1S/C20H15N5O2/c1-13-23-20(27-25-13)16-9-7-15(8-10-16)19(26)24-17-11-21-18(22-12-17)14-5-3-2-4-6-14/h2-12H,1H3,(H,24,26). The van der Waals surface area contributed by atoms with Crippen LogP contribution in [0.5, 0.6) is 0 Å². The minimum absolute atomic E-state index is 0.251. The first kappa shape index (κ1) is 16.6. The number of benzene rings is 2. The molecule has 2 heterocycles. The van der Waals surface area contributed by atoms with Gasteiger partial charge in [-0.3, -0.25) is 4.79 Å². The fraction of sp³-hybridized carbons (Fsp3) is 0.0500. The minimum Gasteiger partial charge on any atom is -0.334 e. The SMILES string of the molecule is Cc1noc(-c2ccc(C(=O)Nc3cnc(-c4ccccc4)nc3)cc2)n1. The Kier molecular flexibility index (Phi) is 4.40. The molecule has 0 aliphatic rings. The molecule has 4 aromatic rings. The number of carbonyl (C=O) groups excluding carboxylic acids is 1. The highest BCUT2D eigenvalue weighted by molar-refractivity contribution is 6.04. The molecule has 2 aromatic carbocycles. The topological polar surface area (TPSA) is 93.8 Å². The van der Waals surface area contributed by atoms with E-state index < -0.39 is 0 Å². The molecule has 1 amide bonds. The Morgan fingerprint density at radius 1 is 0.926 bits per heavy atom. The van der Waals surface area contributed by atoms with Crippen molar-refractivity contribution in [1.29, 1.82) is 0 Å². The van der Waals surface area contributed by atoms with Crippen LogP contribution in [0.4, 0.5) is 5.69 Å². The molecule has 0 unspecified atom stereocenters. The van der Waals surface area contributed by atoms with Gasteiger partial charge in [0.05, 0.1) is 18.1 Å². The Morgan fingerprint density at radius 2 is 1.63 bits per heavy atom. The molecular formula is C20H15N5O2. The smallest absolute Gasteiger partial charge is 0.257 e. The number of carbonyl (C=O) groups is 1. The second-order valence-corrected chi connectivity index (χ2v) is 5.84. The van der Waals surface area contributed by atoms with Crippen LogP contribution in [0, 0.1) is 6.92 Å². The highest BCUT2D eigenvalue weighted by Crippen LogP contribution is 2.19. The molecule has 7 heteroatoms. The molecule has 0 aliphatic carbocycles. The van der Waals surface area contributed by atoms with Crippen LogP contribution < -0.4 is 5.32 Å². The highest BCUT2D eigenvalue weighted by Gasteiger charge is 2.10. The van der Waals surface area contributed by atoms with E-state index in [1.165, 1.54) is 0 Å². The summed E-state index contributed by atoms with van der Waals surface area (Å²) in [6, 6.07) is 16.6. The third-order valence-electron chi connectivity index (χ3n) is 3.86. The molecular weight excluding hydrogens is 342 g/mol. The molecule has 1 N–H and O–H groups in total. The van der Waals surface area contributed by atoms with E-state index in [0.717, 1.165) is 11.1 Å². The number of rotatable bonds is 4. The monoisotopic (exact) mass is 357 g/mol. The zero-order valence-corrected chi connectivity index (χ0v) is 14.5. The first-order chi connectivity index (χ1) is 13.2. The molecule has 0 aliphatic heterocycles. The van der Waals surface area contributed by atoms with Gasteiger partial charge in [0.25, 0.3) is 11.8 Å². The second kappa shape index (κ2) is 7.17. The normalized spacial score (nSPS) is 10.6. The van der Waals surface area contributed by atoms with Crippen LogP contribution in [0.15, 0.2) is 71.5 Å². The van der Waals surface area contributed by atoms with E-state index in [9.17, 15) is 4.79 Å². The van der Waals surface area contributed by atoms with Crippen LogP contribution in [0.2, 0.25) is 0 Å². The third-order valence-corrected chi connectivity index (χ3v) is 3.86. The maximum atomic E-state index is 12.4. The maximum absolute atomic E-state index is 12.4. The predicted octanol–water partition coefficient (Wildman–Crippen LogP) is 3.75. The van der Waals surface area contributed by atoms with Crippen LogP contribution in [0.3, 0.4) is 0 Å². The predicted molar refractivity (Wildman–Crippen MR) is 99.9 cm³/mol. The van der Waals surface area contributed by atoms with E-state index in [1.54, 1.807) is 43.6 Å². The summed E-state index contributed by atoms with van der Waals surface area (Å²) in [5.41, 5.74) is 2.70. The average Bonchev–Trinajstić information content (AvgIpc) is 3.16. The largest absolute Gasteiger partial charge is 0.334 e. The maximum Gasteiger partial charge on any atom is 0.257 e. The molecule has 0 fully saturated rings. The lowest BCUT2D eigenvalue weighted by Crippen LogP contribution is -2.12. The summed E-state index contributed by atoms with van der Waals surface area (Å²) in [6.07, 6.45) is 3.17. The molecule has 132 valence electrons. The van der Waals surface area contributed by atoms with Crippen molar-refractivity contribution in [2.24, 2.45) is 0 Å². The van der Waals surface area contributed by atoms with Crippen molar-refractivity contribution in [3.63, 3.8) is 0 Å². The third kappa shape index (κ3) is 3.72. The van der Waals surface area contributed by atoms with Crippen LogP contribution in [0.1, 0.15) is 16.2 Å². The van der Waals surface area contributed by atoms with Gasteiger partial charge in [0, 0.05) is 16.7 Å². The number of anilines is 1. The van der Waals surface area contributed by atoms with Crippen LogP contribution in [-0.2, 0) is 0 Å². The zero-order valence-electron chi connectivity index (χ0n) is 14.5. The molecule has 0 saturated carbocycles. The van der Waals surface area contributed by atoms with Crippen LogP contribution in [-0.4, -0.2) is 26.0 Å². The molecule has 0 spiro atoms. The van der Waals surface area contributed by atoms with Gasteiger partial charge in [0.1, 0.15) is 0 Å². The van der Waals surface area contributed by atoms with Gasteiger partial charge < -0.3 is 9.84 Å². The number of hydrogen-bond acceptors (Lipinski definition) is 6. The number of nitrogens with zero attached hydrogens (tertiary/aromatic N) is 4. The van der Waals surface area contributed by atoms with Gasteiger partial charge in [-0.05, 0) is 31.2 Å². The first-order valence-corrected chi connectivity index (χ1v) is 8.28. The number of aromatic nitrogens is 4. The van der Waals surface area contributed by atoms with Crippen molar-refractivity contribution < 1.29 is 9.32 Å². The van der Waals surface area contributed by atoms with E-state index in [2.05, 4.69) is 25.4 Å². The quantitative estimate of drug-likeness (QED) is 0.598. The van der Waals surface area contributed by atoms with E-state index in [4.69, 9.17) is 4.52 Å². The number of aryl methyl sites for hydroxylation is 1. The Morgan fingerprint density at radius 3 is 2.26 bits per heavy atom. The van der Waals surface area contributed by atoms with Crippen molar-refractivity contribution in [3.05, 3.63) is 78.4 Å². The lowest BCUT2D eigenvalue weighted by molar-refractivity contribution is 0.102. The Hall–Kier alpha value is -3.87. The summed E-state index contributed by atoms with van der Waals surface area (Å²) in [7, 11) is 0. The summed E-state index contributed by atoms with van der Waals surface area (Å²) >= 11 is 0. The van der Waals surface area contributed by atoms with Gasteiger partial charge in [-0.1, -0.05) is 35.5 Å². The second-order valence-electron chi connectivity index (χ2n) is 5.84. The van der Waals surface area contributed by atoms with Crippen molar-refractivity contribution in [3.8, 4) is 22.8 Å². The summed E-state index contributed by atoms with van der Waals surface area (Å²) in [5, 5.41) is 6.54. The summed E-state index contributed by atoms with van der Waals surface area (Å²) in [5.74, 6) is 1.34. The van der Waals surface area contributed by atoms with Gasteiger partial charge >= 0.3 is 0 Å². The molecule has 0 atom stereocenters. The van der Waals surface area contributed by atoms with Crippen molar-refractivity contribution in [2.45, 2.75) is 6.92 Å². The summed E-state index contributed by atoms with van der Waals surface area (Å²) < 4.78 is 5.12. The Balaban J connectivity index is 1.46. The van der Waals surface area contributed by atoms with Gasteiger partial charge in [-0.15, -0.1) is 0 Å². The molecule has 27 heavy (non-hydrogen) atoms. The van der Waals surface area contributed by atoms with Crippen LogP contribution >= 0.6 is 0 Å². The van der Waals surface area contributed by atoms with Crippen molar-refractivity contribution in [1.82, 2.24) is 20.1 Å². The fourth-order valence-electron chi connectivity index (χ4n) is 2.51. The molecule has 7 nitrogen and oxygen atoms in total. The lowest BCUT2D eigenvalue weighted by atomic mass is 10.1. The van der Waals surface area contributed by atoms with Gasteiger partial charge in [0.15, 0.2) is 11.6 Å². The van der Waals surface area contributed by atoms with Gasteiger partial charge in [-0.2, -0.15) is 4.98 Å². The molecule has 2 aromatic heterocycles. The molecule has 0 radical (unpaired) electrons. The molecule has 0 bridgehead atoms. The highest BCUT2D eigenvalue weighted by atomic mass is 16.5. The van der Waals surface area contributed by atoms with Crippen molar-refractivity contribution >= 4 is 11.6 Å². The zero-order chi connectivity index (χ0) is 18.6. The number of hydrogen-bond donors (Lipinski definition) is 1. The Bertz CT molecular complexity index is 1060. The average molecular weight is 357 g/mol. The lowest BCUT2D eigenvalue weighted by Gasteiger charge is -2.06. The molecule has 4 rings (SSSR count). The van der Waals surface area contributed by atoms with Crippen LogP contribution in [0.25, 0.3) is 22.8 Å². The van der Waals surface area contributed by atoms with E-state index in [1.807, 2.05) is 30.3 Å². The van der Waals surface area contributed by atoms with E-state index >= 15 is 0 Å². The summed E-state index contributed by atoms with van der Waals surface area (Å²) in [4.78, 5) is 25.2. The Labute approximate surface area is 155 Å². The summed E-state index contributed by atoms with van der Waals surface area (Å²) in [6.45, 7) is 1.75. The number of amides is 1. The first-order valence-electron chi connectivity index (χ1n) is 8.28. The van der Waals surface area contributed by atoms with Gasteiger partial charge in [-0.25, -0.2) is 9.97 Å². The van der Waals surface area contributed by atoms with E-state index in [-0.39, 0.29) is 5.91 Å². The fourth-order valence-corrected chi connectivity index (χ4v) is 2.51. The van der Waals surface area contributed by atoms with Crippen molar-refractivity contribution in [2.75, 3.05) is 5.32 Å².